The highest BCUT2D eigenvalue weighted by atomic mass is 16.4. The minimum Gasteiger partial charge on any atom is -0.481 e. The van der Waals surface area contributed by atoms with E-state index in [1.165, 1.54) is 11.1 Å². The molecule has 3 atom stereocenters. The van der Waals surface area contributed by atoms with Gasteiger partial charge in [-0.2, -0.15) is 0 Å². The predicted molar refractivity (Wildman–Crippen MR) is 85.1 cm³/mol. The van der Waals surface area contributed by atoms with Crippen LogP contribution in [0.15, 0.2) is 24.3 Å². The summed E-state index contributed by atoms with van der Waals surface area (Å²) in [7, 11) is 0. The van der Waals surface area contributed by atoms with Gasteiger partial charge in [-0.3, -0.25) is 4.79 Å². The summed E-state index contributed by atoms with van der Waals surface area (Å²) in [4.78, 5) is 11.4. The second-order valence-electron chi connectivity index (χ2n) is 7.05. The van der Waals surface area contributed by atoms with Crippen LogP contribution < -0.4 is 5.32 Å². The highest BCUT2D eigenvalue weighted by Crippen LogP contribution is 2.45. The Morgan fingerprint density at radius 3 is 2.48 bits per heavy atom. The number of hydrogen-bond acceptors (Lipinski definition) is 2. The van der Waals surface area contributed by atoms with E-state index in [0.29, 0.717) is 12.0 Å². The molecule has 2 N–H and O–H groups in total. The minimum atomic E-state index is -0.649. The summed E-state index contributed by atoms with van der Waals surface area (Å²) >= 11 is 0. The van der Waals surface area contributed by atoms with Gasteiger partial charge >= 0.3 is 5.97 Å². The van der Waals surface area contributed by atoms with E-state index >= 15 is 0 Å². The Kier molecular flexibility index (Phi) is 4.72. The lowest BCUT2D eigenvalue weighted by molar-refractivity contribution is -0.150. The SMILES string of the molecule is Cc1ccc(CNC2CCC(C(=O)O)C(C)(C)C2C)cc1. The lowest BCUT2D eigenvalue weighted by Crippen LogP contribution is -2.50. The number of carbonyl (C=O) groups is 1. The molecule has 0 bridgehead atoms. The van der Waals surface area contributed by atoms with Crippen molar-refractivity contribution >= 4 is 5.97 Å². The Morgan fingerprint density at radius 1 is 1.29 bits per heavy atom. The maximum atomic E-state index is 11.4. The molecule has 3 nitrogen and oxygen atoms in total. The molecule has 0 saturated heterocycles. The smallest absolute Gasteiger partial charge is 0.307 e. The van der Waals surface area contributed by atoms with Gasteiger partial charge in [0.15, 0.2) is 0 Å². The molecule has 0 aromatic heterocycles. The molecule has 1 aromatic carbocycles. The molecule has 0 radical (unpaired) electrons. The van der Waals surface area contributed by atoms with Gasteiger partial charge < -0.3 is 10.4 Å². The average Bonchev–Trinajstić information content (AvgIpc) is 2.42. The van der Waals surface area contributed by atoms with Gasteiger partial charge in [-0.05, 0) is 36.7 Å². The minimum absolute atomic E-state index is 0.172. The molecule has 116 valence electrons. The van der Waals surface area contributed by atoms with Crippen LogP contribution in [0.3, 0.4) is 0 Å². The highest BCUT2D eigenvalue weighted by molar-refractivity contribution is 5.71. The van der Waals surface area contributed by atoms with Gasteiger partial charge in [-0.15, -0.1) is 0 Å². The normalized spacial score (nSPS) is 28.3. The van der Waals surface area contributed by atoms with E-state index in [2.05, 4.69) is 57.3 Å². The van der Waals surface area contributed by atoms with Gasteiger partial charge in [0, 0.05) is 12.6 Å². The van der Waals surface area contributed by atoms with Gasteiger partial charge in [0.05, 0.1) is 5.92 Å². The number of rotatable bonds is 4. The highest BCUT2D eigenvalue weighted by Gasteiger charge is 2.45. The Bertz CT molecular complexity index is 492. The largest absolute Gasteiger partial charge is 0.481 e. The van der Waals surface area contributed by atoms with E-state index in [9.17, 15) is 9.90 Å². The van der Waals surface area contributed by atoms with Crippen molar-refractivity contribution < 1.29 is 9.90 Å². The number of aliphatic carboxylic acids is 1. The molecule has 1 aliphatic carbocycles. The second-order valence-corrected chi connectivity index (χ2v) is 7.05. The summed E-state index contributed by atoms with van der Waals surface area (Å²) in [5.41, 5.74) is 2.39. The van der Waals surface area contributed by atoms with E-state index in [1.54, 1.807) is 0 Å². The van der Waals surface area contributed by atoms with Crippen LogP contribution in [0.4, 0.5) is 0 Å². The van der Waals surface area contributed by atoms with Crippen LogP contribution in [0.5, 0.6) is 0 Å². The molecule has 3 heteroatoms. The number of hydrogen-bond donors (Lipinski definition) is 2. The molecule has 1 aliphatic rings. The quantitative estimate of drug-likeness (QED) is 0.890. The molecular formula is C18H27NO2. The van der Waals surface area contributed by atoms with Crippen LogP contribution in [-0.2, 0) is 11.3 Å². The molecule has 2 rings (SSSR count). The molecule has 0 aliphatic heterocycles. The molecule has 1 saturated carbocycles. The fraction of sp³-hybridized carbons (Fsp3) is 0.611. The first-order valence-electron chi connectivity index (χ1n) is 7.84. The summed E-state index contributed by atoms with van der Waals surface area (Å²) in [5, 5.41) is 13.0. The van der Waals surface area contributed by atoms with Gasteiger partial charge in [0.2, 0.25) is 0 Å². The van der Waals surface area contributed by atoms with Crippen molar-refractivity contribution in [3.8, 4) is 0 Å². The molecule has 3 unspecified atom stereocenters. The number of aryl methyl sites for hydroxylation is 1. The van der Waals surface area contributed by atoms with E-state index in [-0.39, 0.29) is 11.3 Å². The molecule has 0 spiro atoms. The van der Waals surface area contributed by atoms with Crippen LogP contribution in [0, 0.1) is 24.2 Å². The zero-order valence-corrected chi connectivity index (χ0v) is 13.5. The molecule has 0 heterocycles. The van der Waals surface area contributed by atoms with Crippen LogP contribution in [0.2, 0.25) is 0 Å². The Labute approximate surface area is 127 Å². The van der Waals surface area contributed by atoms with Crippen LogP contribution in [0.25, 0.3) is 0 Å². The summed E-state index contributed by atoms with van der Waals surface area (Å²) in [6, 6.07) is 8.95. The van der Waals surface area contributed by atoms with Crippen LogP contribution in [0.1, 0.15) is 44.7 Å². The molecule has 1 fully saturated rings. The van der Waals surface area contributed by atoms with E-state index in [1.807, 2.05) is 0 Å². The second kappa shape index (κ2) is 6.18. The average molecular weight is 289 g/mol. The maximum Gasteiger partial charge on any atom is 0.307 e. The third kappa shape index (κ3) is 3.46. The Hall–Kier alpha value is -1.35. The van der Waals surface area contributed by atoms with Gasteiger partial charge in [-0.1, -0.05) is 50.6 Å². The Morgan fingerprint density at radius 2 is 1.90 bits per heavy atom. The van der Waals surface area contributed by atoms with Crippen molar-refractivity contribution in [3.05, 3.63) is 35.4 Å². The van der Waals surface area contributed by atoms with Crippen molar-refractivity contribution in [2.75, 3.05) is 0 Å². The maximum absolute atomic E-state index is 11.4. The first kappa shape index (κ1) is 16.0. The zero-order chi connectivity index (χ0) is 15.6. The Balaban J connectivity index is 1.99. The third-order valence-corrected chi connectivity index (χ3v) is 5.43. The predicted octanol–water partition coefficient (Wildman–Crippen LogP) is 3.61. The van der Waals surface area contributed by atoms with Crippen molar-refractivity contribution in [1.29, 1.82) is 0 Å². The van der Waals surface area contributed by atoms with Crippen molar-refractivity contribution in [2.24, 2.45) is 17.3 Å². The lowest BCUT2D eigenvalue weighted by Gasteiger charge is -2.46. The molecule has 0 amide bonds. The topological polar surface area (TPSA) is 49.3 Å². The summed E-state index contributed by atoms with van der Waals surface area (Å²) in [5.74, 6) is -0.536. The number of nitrogens with one attached hydrogen (secondary N) is 1. The van der Waals surface area contributed by atoms with Gasteiger partial charge in [0.25, 0.3) is 0 Å². The fourth-order valence-corrected chi connectivity index (χ4v) is 3.48. The number of carboxylic acids is 1. The molecule has 1 aromatic rings. The summed E-state index contributed by atoms with van der Waals surface area (Å²) < 4.78 is 0. The standard InChI is InChI=1S/C18H27NO2/c1-12-5-7-14(8-6-12)11-19-16-10-9-15(17(20)21)18(3,4)13(16)2/h5-8,13,15-16,19H,9-11H2,1-4H3,(H,20,21). The molecule has 21 heavy (non-hydrogen) atoms. The van der Waals surface area contributed by atoms with Gasteiger partial charge in [-0.25, -0.2) is 0 Å². The van der Waals surface area contributed by atoms with Crippen LogP contribution >= 0.6 is 0 Å². The summed E-state index contributed by atoms with van der Waals surface area (Å²) in [6.45, 7) is 9.31. The third-order valence-electron chi connectivity index (χ3n) is 5.43. The van der Waals surface area contributed by atoms with Gasteiger partial charge in [0.1, 0.15) is 0 Å². The van der Waals surface area contributed by atoms with E-state index < -0.39 is 5.97 Å². The van der Waals surface area contributed by atoms with Crippen molar-refractivity contribution in [3.63, 3.8) is 0 Å². The zero-order valence-electron chi connectivity index (χ0n) is 13.5. The van der Waals surface area contributed by atoms with Crippen molar-refractivity contribution in [1.82, 2.24) is 5.32 Å². The summed E-state index contributed by atoms with van der Waals surface area (Å²) in [6.07, 6.45) is 1.70. The van der Waals surface area contributed by atoms with Crippen molar-refractivity contribution in [2.45, 2.75) is 53.1 Å². The van der Waals surface area contributed by atoms with E-state index in [4.69, 9.17) is 0 Å². The molecular weight excluding hydrogens is 262 g/mol. The van der Waals surface area contributed by atoms with E-state index in [0.717, 1.165) is 19.4 Å². The fourth-order valence-electron chi connectivity index (χ4n) is 3.48. The monoisotopic (exact) mass is 289 g/mol. The first-order chi connectivity index (χ1) is 9.82. The number of carboxylic acid groups (broad SMARTS) is 1. The first-order valence-corrected chi connectivity index (χ1v) is 7.84. The van der Waals surface area contributed by atoms with Crippen LogP contribution in [-0.4, -0.2) is 17.1 Å². The lowest BCUT2D eigenvalue weighted by atomic mass is 9.61. The number of benzene rings is 1.